The molecule has 0 spiro atoms. The van der Waals surface area contributed by atoms with Crippen LogP contribution in [0.25, 0.3) is 0 Å². The monoisotopic (exact) mass is 483 g/mol. The lowest BCUT2D eigenvalue weighted by molar-refractivity contribution is -0.385. The van der Waals surface area contributed by atoms with Gasteiger partial charge in [-0.05, 0) is 30.9 Å². The average molecular weight is 484 g/mol. The zero-order valence-electron chi connectivity index (χ0n) is 20.3. The molecular formula is C26H33N3O6. The minimum absolute atomic E-state index is 0.0411. The third-order valence-electron chi connectivity index (χ3n) is 6.24. The Kier molecular flexibility index (Phi) is 9.46. The van der Waals surface area contributed by atoms with Gasteiger partial charge in [-0.15, -0.1) is 0 Å². The Hall–Kier alpha value is -3.62. The molecule has 0 heterocycles. The molecule has 1 atom stereocenters. The van der Waals surface area contributed by atoms with E-state index in [1.165, 1.54) is 31.7 Å². The maximum atomic E-state index is 13.3. The number of ether oxygens (including phenoxy) is 2. The van der Waals surface area contributed by atoms with Gasteiger partial charge in [0.25, 0.3) is 5.91 Å². The Labute approximate surface area is 205 Å². The summed E-state index contributed by atoms with van der Waals surface area (Å²) in [6, 6.07) is 13.1. The molecule has 1 aliphatic rings. The van der Waals surface area contributed by atoms with Crippen LogP contribution in [0.2, 0.25) is 0 Å². The molecule has 0 saturated heterocycles. The molecular weight excluding hydrogens is 450 g/mol. The van der Waals surface area contributed by atoms with Crippen molar-refractivity contribution in [3.8, 4) is 11.5 Å². The van der Waals surface area contributed by atoms with Crippen LogP contribution >= 0.6 is 0 Å². The SMILES string of the molecule is CC[C@@H](C(=O)NC1CCCCC1)N(Cc1ccccc1)C(=O)COc1ccc([N+](=O)[O-])c(OC)c1. The predicted octanol–water partition coefficient (Wildman–Crippen LogP) is 4.24. The number of hydrogen-bond acceptors (Lipinski definition) is 6. The van der Waals surface area contributed by atoms with Crippen LogP contribution < -0.4 is 14.8 Å². The van der Waals surface area contributed by atoms with Crippen LogP contribution in [-0.2, 0) is 16.1 Å². The van der Waals surface area contributed by atoms with E-state index < -0.39 is 11.0 Å². The molecule has 1 saturated carbocycles. The van der Waals surface area contributed by atoms with Gasteiger partial charge in [0.1, 0.15) is 11.8 Å². The van der Waals surface area contributed by atoms with Gasteiger partial charge in [0.05, 0.1) is 12.0 Å². The standard InChI is InChI=1S/C26H33N3O6/c1-3-22(26(31)27-20-12-8-5-9-13-20)28(17-19-10-6-4-7-11-19)25(30)18-35-21-14-15-23(29(32)33)24(16-21)34-2/h4,6-7,10-11,14-16,20,22H,3,5,8-9,12-13,17-18H2,1-2H3,(H,27,31)/t22-/m0/s1. The van der Waals surface area contributed by atoms with E-state index in [1.54, 1.807) is 4.90 Å². The number of nitro benzene ring substituents is 1. The fourth-order valence-electron chi connectivity index (χ4n) is 4.37. The number of rotatable bonds is 11. The normalized spacial score (nSPS) is 14.6. The van der Waals surface area contributed by atoms with Crippen molar-refractivity contribution >= 4 is 17.5 Å². The summed E-state index contributed by atoms with van der Waals surface area (Å²) in [7, 11) is 1.33. The first-order valence-corrected chi connectivity index (χ1v) is 12.0. The Morgan fingerprint density at radius 1 is 1.14 bits per heavy atom. The highest BCUT2D eigenvalue weighted by Crippen LogP contribution is 2.30. The van der Waals surface area contributed by atoms with Gasteiger partial charge < -0.3 is 19.7 Å². The number of carbonyl (C=O) groups excluding carboxylic acids is 2. The molecule has 9 nitrogen and oxygen atoms in total. The molecule has 35 heavy (non-hydrogen) atoms. The van der Waals surface area contributed by atoms with Crippen molar-refractivity contribution in [2.75, 3.05) is 13.7 Å². The van der Waals surface area contributed by atoms with Crippen molar-refractivity contribution in [2.24, 2.45) is 0 Å². The minimum Gasteiger partial charge on any atom is -0.490 e. The summed E-state index contributed by atoms with van der Waals surface area (Å²) >= 11 is 0. The summed E-state index contributed by atoms with van der Waals surface area (Å²) < 4.78 is 10.7. The third kappa shape index (κ3) is 7.18. The molecule has 2 aromatic carbocycles. The van der Waals surface area contributed by atoms with Gasteiger partial charge in [0.2, 0.25) is 11.7 Å². The smallest absolute Gasteiger partial charge is 0.311 e. The van der Waals surface area contributed by atoms with Gasteiger partial charge in [-0.3, -0.25) is 19.7 Å². The van der Waals surface area contributed by atoms with Gasteiger partial charge in [0.15, 0.2) is 6.61 Å². The molecule has 1 fully saturated rings. The Morgan fingerprint density at radius 2 is 1.86 bits per heavy atom. The average Bonchev–Trinajstić information content (AvgIpc) is 2.88. The molecule has 2 aromatic rings. The number of nitrogens with one attached hydrogen (secondary N) is 1. The van der Waals surface area contributed by atoms with E-state index in [9.17, 15) is 19.7 Å². The van der Waals surface area contributed by atoms with Crippen LogP contribution in [0.3, 0.4) is 0 Å². The van der Waals surface area contributed by atoms with E-state index in [0.29, 0.717) is 6.42 Å². The van der Waals surface area contributed by atoms with Crippen LogP contribution in [-0.4, -0.2) is 47.4 Å². The summed E-state index contributed by atoms with van der Waals surface area (Å²) in [6.45, 7) is 1.84. The van der Waals surface area contributed by atoms with Gasteiger partial charge in [-0.2, -0.15) is 0 Å². The summed E-state index contributed by atoms with van der Waals surface area (Å²) in [5, 5.41) is 14.3. The molecule has 0 bridgehead atoms. The van der Waals surface area contributed by atoms with Gasteiger partial charge in [0, 0.05) is 24.7 Å². The number of nitrogens with zero attached hydrogens (tertiary/aromatic N) is 2. The highest BCUT2D eigenvalue weighted by molar-refractivity contribution is 5.88. The first kappa shape index (κ1) is 26.0. The van der Waals surface area contributed by atoms with Crippen molar-refractivity contribution in [1.82, 2.24) is 10.2 Å². The molecule has 0 aliphatic heterocycles. The summed E-state index contributed by atoms with van der Waals surface area (Å²) in [5.41, 5.74) is 0.712. The van der Waals surface area contributed by atoms with Crippen molar-refractivity contribution in [3.63, 3.8) is 0 Å². The van der Waals surface area contributed by atoms with Crippen LogP contribution in [0, 0.1) is 10.1 Å². The largest absolute Gasteiger partial charge is 0.490 e. The second-order valence-electron chi connectivity index (χ2n) is 8.65. The fourth-order valence-corrected chi connectivity index (χ4v) is 4.37. The zero-order chi connectivity index (χ0) is 25.2. The Morgan fingerprint density at radius 3 is 2.49 bits per heavy atom. The van der Waals surface area contributed by atoms with E-state index in [4.69, 9.17) is 9.47 Å². The number of benzene rings is 2. The van der Waals surface area contributed by atoms with E-state index in [2.05, 4.69) is 5.32 Å². The first-order valence-electron chi connectivity index (χ1n) is 12.0. The highest BCUT2D eigenvalue weighted by Gasteiger charge is 2.30. The molecule has 188 valence electrons. The predicted molar refractivity (Wildman–Crippen MR) is 131 cm³/mol. The van der Waals surface area contributed by atoms with Crippen LogP contribution in [0.4, 0.5) is 5.69 Å². The van der Waals surface area contributed by atoms with Crippen LogP contribution in [0.15, 0.2) is 48.5 Å². The lowest BCUT2D eigenvalue weighted by atomic mass is 9.95. The van der Waals surface area contributed by atoms with Crippen molar-refractivity contribution < 1.29 is 24.0 Å². The fraction of sp³-hybridized carbons (Fsp3) is 0.462. The maximum absolute atomic E-state index is 13.3. The second-order valence-corrected chi connectivity index (χ2v) is 8.65. The second kappa shape index (κ2) is 12.7. The quantitative estimate of drug-likeness (QED) is 0.378. The number of nitro groups is 1. The number of methoxy groups -OCH3 is 1. The third-order valence-corrected chi connectivity index (χ3v) is 6.24. The topological polar surface area (TPSA) is 111 Å². The Bertz CT molecular complexity index is 1010. The number of hydrogen-bond donors (Lipinski definition) is 1. The minimum atomic E-state index is -0.639. The number of carbonyl (C=O) groups is 2. The summed E-state index contributed by atoms with van der Waals surface area (Å²) in [4.78, 5) is 38.7. The zero-order valence-corrected chi connectivity index (χ0v) is 20.3. The van der Waals surface area contributed by atoms with Crippen LogP contribution in [0.1, 0.15) is 51.0 Å². The van der Waals surface area contributed by atoms with E-state index >= 15 is 0 Å². The molecule has 0 aromatic heterocycles. The van der Waals surface area contributed by atoms with Crippen molar-refractivity contribution in [1.29, 1.82) is 0 Å². The van der Waals surface area contributed by atoms with Gasteiger partial charge >= 0.3 is 5.69 Å². The first-order chi connectivity index (χ1) is 16.9. The summed E-state index contributed by atoms with van der Waals surface area (Å²) in [6.07, 6.45) is 5.76. The lowest BCUT2D eigenvalue weighted by Gasteiger charge is -2.32. The Balaban J connectivity index is 1.75. The lowest BCUT2D eigenvalue weighted by Crippen LogP contribution is -2.52. The van der Waals surface area contributed by atoms with E-state index in [-0.39, 0.29) is 48.2 Å². The van der Waals surface area contributed by atoms with Crippen molar-refractivity contribution in [2.45, 2.75) is 64.1 Å². The molecule has 0 unspecified atom stereocenters. The molecule has 9 heteroatoms. The molecule has 0 radical (unpaired) electrons. The van der Waals surface area contributed by atoms with Crippen molar-refractivity contribution in [3.05, 3.63) is 64.2 Å². The van der Waals surface area contributed by atoms with Gasteiger partial charge in [-0.1, -0.05) is 56.5 Å². The highest BCUT2D eigenvalue weighted by atomic mass is 16.6. The molecule has 1 N–H and O–H groups in total. The van der Waals surface area contributed by atoms with E-state index in [1.807, 2.05) is 37.3 Å². The summed E-state index contributed by atoms with van der Waals surface area (Å²) in [5.74, 6) is -0.197. The maximum Gasteiger partial charge on any atom is 0.311 e. The van der Waals surface area contributed by atoms with Gasteiger partial charge in [-0.25, -0.2) is 0 Å². The number of amides is 2. The molecule has 2 amide bonds. The molecule has 3 rings (SSSR count). The molecule has 1 aliphatic carbocycles. The van der Waals surface area contributed by atoms with E-state index in [0.717, 1.165) is 31.2 Å². The van der Waals surface area contributed by atoms with Crippen LogP contribution in [0.5, 0.6) is 11.5 Å².